The van der Waals surface area contributed by atoms with Gasteiger partial charge in [0.05, 0.1) is 6.61 Å². The van der Waals surface area contributed by atoms with Crippen LogP contribution in [0.2, 0.25) is 0 Å². The van der Waals surface area contributed by atoms with E-state index in [2.05, 4.69) is 11.1 Å². The van der Waals surface area contributed by atoms with Gasteiger partial charge in [-0.2, -0.15) is 8.42 Å². The Balaban J connectivity index is 3.04. The number of hydrogen-bond donors (Lipinski definition) is 1. The molecule has 0 bridgehead atoms. The molecule has 0 saturated heterocycles. The third-order valence-corrected chi connectivity index (χ3v) is 6.69. The first-order chi connectivity index (χ1) is 15.1. The Bertz CT molecular complexity index is 437. The summed E-state index contributed by atoms with van der Waals surface area (Å²) < 4.78 is 33.5. The van der Waals surface area contributed by atoms with Crippen molar-refractivity contribution in [3.05, 3.63) is 0 Å². The monoisotopic (exact) mass is 462 g/mol. The highest BCUT2D eigenvalue weighted by Crippen LogP contribution is 2.15. The second kappa shape index (κ2) is 24.5. The number of hydrogen-bond acceptors (Lipinski definition) is 3. The summed E-state index contributed by atoms with van der Waals surface area (Å²) in [5, 5.41) is 0. The first-order valence-electron chi connectivity index (χ1n) is 13.7. The van der Waals surface area contributed by atoms with E-state index in [-0.39, 0.29) is 6.61 Å². The van der Waals surface area contributed by atoms with Gasteiger partial charge in [0, 0.05) is 0 Å². The van der Waals surface area contributed by atoms with Crippen molar-refractivity contribution in [2.24, 2.45) is 0 Å². The molecule has 0 aromatic heterocycles. The average Bonchev–Trinajstić information content (AvgIpc) is 2.73. The number of rotatable bonds is 26. The van der Waals surface area contributed by atoms with Crippen LogP contribution in [-0.4, -0.2) is 19.6 Å². The molecule has 0 heterocycles. The van der Waals surface area contributed by atoms with Gasteiger partial charge in [-0.3, -0.25) is 4.55 Å². The predicted molar refractivity (Wildman–Crippen MR) is 134 cm³/mol. The summed E-state index contributed by atoms with van der Waals surface area (Å²) in [6, 6.07) is 0. The zero-order valence-corrected chi connectivity index (χ0v) is 21.6. The van der Waals surface area contributed by atoms with Crippen LogP contribution in [0.3, 0.4) is 0 Å². The third-order valence-electron chi connectivity index (χ3n) is 6.23. The molecule has 0 fully saturated rings. The van der Waals surface area contributed by atoms with Crippen molar-refractivity contribution in [1.82, 2.24) is 0 Å². The lowest BCUT2D eigenvalue weighted by Crippen LogP contribution is -2.04. The molecule has 4 nitrogen and oxygen atoms in total. The van der Waals surface area contributed by atoms with E-state index in [1.165, 1.54) is 135 Å². The molecule has 0 aliphatic carbocycles. The maximum atomic E-state index is 10.4. The molecule has 0 aliphatic heterocycles. The first-order valence-corrected chi connectivity index (χ1v) is 15.0. The molecule has 0 unspecified atom stereocenters. The number of unbranched alkanes of at least 4 members (excludes halogenated alkanes) is 23. The fourth-order valence-electron chi connectivity index (χ4n) is 4.23. The molecule has 0 aliphatic rings. The van der Waals surface area contributed by atoms with E-state index < -0.39 is 10.4 Å². The maximum Gasteiger partial charge on any atom is 0.397 e. The molecule has 0 aromatic carbocycles. The minimum Gasteiger partial charge on any atom is -0.264 e. The lowest BCUT2D eigenvalue weighted by atomic mass is 10.0. The van der Waals surface area contributed by atoms with Crippen LogP contribution in [0.5, 0.6) is 0 Å². The van der Waals surface area contributed by atoms with Crippen LogP contribution in [0.15, 0.2) is 0 Å². The Morgan fingerprint density at radius 3 is 0.903 bits per heavy atom. The second-order valence-corrected chi connectivity index (χ2v) is 10.5. The van der Waals surface area contributed by atoms with E-state index >= 15 is 0 Å². The fraction of sp³-hybridized carbons (Fsp3) is 1.00. The zero-order valence-electron chi connectivity index (χ0n) is 20.8. The van der Waals surface area contributed by atoms with Gasteiger partial charge in [-0.25, -0.2) is 4.18 Å². The van der Waals surface area contributed by atoms with Gasteiger partial charge in [-0.15, -0.1) is 0 Å². The molecule has 0 rings (SSSR count). The van der Waals surface area contributed by atoms with Gasteiger partial charge < -0.3 is 0 Å². The van der Waals surface area contributed by atoms with E-state index in [9.17, 15) is 8.42 Å². The van der Waals surface area contributed by atoms with Gasteiger partial charge >= 0.3 is 10.4 Å². The van der Waals surface area contributed by atoms with Crippen molar-refractivity contribution < 1.29 is 17.2 Å². The molecule has 0 aromatic rings. The highest BCUT2D eigenvalue weighted by molar-refractivity contribution is 7.80. The summed E-state index contributed by atoms with van der Waals surface area (Å²) in [5.41, 5.74) is 0. The van der Waals surface area contributed by atoms with E-state index in [0.29, 0.717) is 6.42 Å². The molecule has 31 heavy (non-hydrogen) atoms. The molecule has 1 N–H and O–H groups in total. The van der Waals surface area contributed by atoms with Gasteiger partial charge in [-0.1, -0.05) is 155 Å². The van der Waals surface area contributed by atoms with E-state index in [4.69, 9.17) is 4.55 Å². The Morgan fingerprint density at radius 1 is 0.452 bits per heavy atom. The van der Waals surface area contributed by atoms with Gasteiger partial charge in [0.25, 0.3) is 0 Å². The lowest BCUT2D eigenvalue weighted by molar-refractivity contribution is 0.261. The second-order valence-electron chi connectivity index (χ2n) is 9.38. The van der Waals surface area contributed by atoms with Crippen molar-refractivity contribution in [3.63, 3.8) is 0 Å². The Labute approximate surface area is 195 Å². The smallest absolute Gasteiger partial charge is 0.264 e. The SMILES string of the molecule is CCCCCCCCCCCCCCCCCCCCCCCCCCOS(=O)(=O)O. The third kappa shape index (κ3) is 29.9. The summed E-state index contributed by atoms with van der Waals surface area (Å²) in [4.78, 5) is 0. The quantitative estimate of drug-likeness (QED) is 0.103. The van der Waals surface area contributed by atoms with Crippen molar-refractivity contribution in [1.29, 1.82) is 0 Å². The molecule has 0 atom stereocenters. The van der Waals surface area contributed by atoms with Gasteiger partial charge in [0.2, 0.25) is 0 Å². The molecule has 0 radical (unpaired) electrons. The molecule has 0 saturated carbocycles. The molecular formula is C26H54O4S. The van der Waals surface area contributed by atoms with Gasteiger partial charge in [0.15, 0.2) is 0 Å². The Morgan fingerprint density at radius 2 is 0.677 bits per heavy atom. The lowest BCUT2D eigenvalue weighted by Gasteiger charge is -2.04. The molecule has 0 spiro atoms. The Kier molecular flexibility index (Phi) is 24.4. The summed E-state index contributed by atoms with van der Waals surface area (Å²) >= 11 is 0. The largest absolute Gasteiger partial charge is 0.397 e. The van der Waals surface area contributed by atoms with Crippen molar-refractivity contribution in [3.8, 4) is 0 Å². The highest BCUT2D eigenvalue weighted by Gasteiger charge is 2.02. The minimum atomic E-state index is -4.25. The van der Waals surface area contributed by atoms with Crippen molar-refractivity contribution in [2.75, 3.05) is 6.61 Å². The molecule has 0 amide bonds. The summed E-state index contributed by atoms with van der Waals surface area (Å²) in [7, 11) is -4.25. The average molecular weight is 463 g/mol. The summed E-state index contributed by atoms with van der Waals surface area (Å²) in [5.74, 6) is 0. The summed E-state index contributed by atoms with van der Waals surface area (Å²) in [6.07, 6.45) is 32.2. The van der Waals surface area contributed by atoms with E-state index in [0.717, 1.165) is 12.8 Å². The van der Waals surface area contributed by atoms with Crippen LogP contribution in [0.25, 0.3) is 0 Å². The van der Waals surface area contributed by atoms with Gasteiger partial charge in [-0.05, 0) is 6.42 Å². The minimum absolute atomic E-state index is 0.0953. The molecular weight excluding hydrogens is 408 g/mol. The van der Waals surface area contributed by atoms with Crippen LogP contribution in [-0.2, 0) is 14.6 Å². The molecule has 5 heteroatoms. The highest BCUT2D eigenvalue weighted by atomic mass is 32.3. The topological polar surface area (TPSA) is 63.6 Å². The van der Waals surface area contributed by atoms with Crippen molar-refractivity contribution >= 4 is 10.4 Å². The van der Waals surface area contributed by atoms with Crippen LogP contribution in [0.4, 0.5) is 0 Å². The Hall–Kier alpha value is -0.130. The van der Waals surface area contributed by atoms with Crippen LogP contribution in [0.1, 0.15) is 161 Å². The standard InChI is InChI=1S/C26H54O4S/c1-2-3-4-5-6-7-8-9-10-11-12-13-14-15-16-17-18-19-20-21-22-23-24-25-26-30-31(27,28)29/h2-26H2,1H3,(H,27,28,29). The van der Waals surface area contributed by atoms with Crippen molar-refractivity contribution in [2.45, 2.75) is 161 Å². The fourth-order valence-corrected chi connectivity index (χ4v) is 4.56. The summed E-state index contributed by atoms with van der Waals surface area (Å²) in [6.45, 7) is 2.38. The maximum absolute atomic E-state index is 10.4. The van der Waals surface area contributed by atoms with E-state index in [1.807, 2.05) is 0 Å². The van der Waals surface area contributed by atoms with Crippen LogP contribution in [0, 0.1) is 0 Å². The predicted octanol–water partition coefficient (Wildman–Crippen LogP) is 9.19. The van der Waals surface area contributed by atoms with Crippen LogP contribution >= 0.6 is 0 Å². The first kappa shape index (κ1) is 30.9. The zero-order chi connectivity index (χ0) is 22.9. The van der Waals surface area contributed by atoms with Gasteiger partial charge in [0.1, 0.15) is 0 Å². The van der Waals surface area contributed by atoms with E-state index in [1.54, 1.807) is 0 Å². The normalized spacial score (nSPS) is 11.9. The molecule has 188 valence electrons. The van der Waals surface area contributed by atoms with Crippen LogP contribution < -0.4 is 0 Å².